The quantitative estimate of drug-likeness (QED) is 0.676. The Labute approximate surface area is 159 Å². The van der Waals surface area contributed by atoms with E-state index in [0.717, 1.165) is 11.1 Å². The van der Waals surface area contributed by atoms with Crippen LogP contribution in [0.1, 0.15) is 52.9 Å². The standard InChI is InChI=1S/C21H25N5O/c1-15(2)17-6-8-18(9-7-17)20(22)13-23-21(27)19-5-3-4-16(12-19)14-26-11-10-24-25-26/h3-12,15,20H,13-14,22H2,1-2H3,(H,23,27). The second-order valence-corrected chi connectivity index (χ2v) is 6.94. The molecule has 27 heavy (non-hydrogen) atoms. The van der Waals surface area contributed by atoms with Gasteiger partial charge in [-0.25, -0.2) is 4.68 Å². The molecule has 0 saturated carbocycles. The first-order valence-electron chi connectivity index (χ1n) is 9.09. The van der Waals surface area contributed by atoms with Gasteiger partial charge in [0.25, 0.3) is 5.91 Å². The molecule has 2 aromatic carbocycles. The maximum Gasteiger partial charge on any atom is 0.251 e. The zero-order chi connectivity index (χ0) is 19.2. The number of carbonyl (C=O) groups excluding carboxylic acids is 1. The van der Waals surface area contributed by atoms with E-state index in [9.17, 15) is 4.79 Å². The first-order chi connectivity index (χ1) is 13.0. The van der Waals surface area contributed by atoms with Crippen molar-refractivity contribution in [2.24, 2.45) is 5.73 Å². The van der Waals surface area contributed by atoms with Crippen molar-refractivity contribution >= 4 is 5.91 Å². The third-order valence-corrected chi connectivity index (χ3v) is 4.52. The zero-order valence-corrected chi connectivity index (χ0v) is 15.7. The third kappa shape index (κ3) is 5.01. The maximum atomic E-state index is 12.5. The number of nitrogens with two attached hydrogens (primary N) is 1. The summed E-state index contributed by atoms with van der Waals surface area (Å²) in [6.45, 7) is 5.27. The molecule has 3 rings (SSSR count). The molecule has 0 aliphatic rings. The molecule has 0 spiro atoms. The molecule has 6 heteroatoms. The number of rotatable bonds is 7. The summed E-state index contributed by atoms with van der Waals surface area (Å²) in [6.07, 6.45) is 3.42. The Bertz CT molecular complexity index is 872. The van der Waals surface area contributed by atoms with Crippen molar-refractivity contribution in [1.29, 1.82) is 0 Å². The number of benzene rings is 2. The summed E-state index contributed by atoms with van der Waals surface area (Å²) < 4.78 is 1.72. The second-order valence-electron chi connectivity index (χ2n) is 6.94. The van der Waals surface area contributed by atoms with Crippen LogP contribution in [0.4, 0.5) is 0 Å². The molecule has 0 aliphatic carbocycles. The highest BCUT2D eigenvalue weighted by Gasteiger charge is 2.11. The summed E-state index contributed by atoms with van der Waals surface area (Å²) in [7, 11) is 0. The molecule has 1 aromatic heterocycles. The average Bonchev–Trinajstić information content (AvgIpc) is 3.19. The van der Waals surface area contributed by atoms with Crippen molar-refractivity contribution in [2.45, 2.75) is 32.4 Å². The molecule has 0 aliphatic heterocycles. The van der Waals surface area contributed by atoms with Crippen LogP contribution in [0.25, 0.3) is 0 Å². The summed E-state index contributed by atoms with van der Waals surface area (Å²) in [5, 5.41) is 10.7. The highest BCUT2D eigenvalue weighted by Crippen LogP contribution is 2.17. The number of aromatic nitrogens is 3. The topological polar surface area (TPSA) is 85.8 Å². The van der Waals surface area contributed by atoms with Crippen LogP contribution in [0.5, 0.6) is 0 Å². The van der Waals surface area contributed by atoms with E-state index in [1.807, 2.05) is 30.3 Å². The van der Waals surface area contributed by atoms with E-state index in [1.54, 1.807) is 23.1 Å². The molecular formula is C21H25N5O. The molecule has 0 bridgehead atoms. The van der Waals surface area contributed by atoms with Crippen molar-refractivity contribution in [1.82, 2.24) is 20.3 Å². The number of nitrogens with one attached hydrogen (secondary N) is 1. The van der Waals surface area contributed by atoms with Crippen LogP contribution in [0, 0.1) is 0 Å². The number of hydrogen-bond donors (Lipinski definition) is 2. The first kappa shape index (κ1) is 18.8. The summed E-state index contributed by atoms with van der Waals surface area (Å²) in [5.41, 5.74) is 10.1. The second kappa shape index (κ2) is 8.60. The van der Waals surface area contributed by atoms with E-state index in [2.05, 4.69) is 41.6 Å². The lowest BCUT2D eigenvalue weighted by atomic mass is 9.99. The lowest BCUT2D eigenvalue weighted by Crippen LogP contribution is -2.32. The molecule has 0 radical (unpaired) electrons. The SMILES string of the molecule is CC(C)c1ccc(C(N)CNC(=O)c2cccc(Cn3ccnn3)c2)cc1. The van der Waals surface area contributed by atoms with Crippen LogP contribution in [-0.2, 0) is 6.54 Å². The van der Waals surface area contributed by atoms with E-state index >= 15 is 0 Å². The van der Waals surface area contributed by atoms with E-state index < -0.39 is 0 Å². The molecule has 1 heterocycles. The molecule has 1 unspecified atom stereocenters. The Morgan fingerprint density at radius 2 is 1.89 bits per heavy atom. The van der Waals surface area contributed by atoms with Crippen LogP contribution in [0.3, 0.4) is 0 Å². The smallest absolute Gasteiger partial charge is 0.251 e. The minimum atomic E-state index is -0.242. The van der Waals surface area contributed by atoms with E-state index in [4.69, 9.17) is 5.73 Å². The fourth-order valence-corrected chi connectivity index (χ4v) is 2.87. The van der Waals surface area contributed by atoms with Gasteiger partial charge in [0.2, 0.25) is 0 Å². The Kier molecular flexibility index (Phi) is 5.98. The molecule has 3 aromatic rings. The monoisotopic (exact) mass is 363 g/mol. The van der Waals surface area contributed by atoms with Crippen LogP contribution in [0.15, 0.2) is 60.9 Å². The number of hydrogen-bond acceptors (Lipinski definition) is 4. The molecule has 0 fully saturated rings. The molecule has 0 saturated heterocycles. The minimum absolute atomic E-state index is 0.135. The van der Waals surface area contributed by atoms with Crippen molar-refractivity contribution in [3.8, 4) is 0 Å². The van der Waals surface area contributed by atoms with Crippen molar-refractivity contribution in [3.05, 3.63) is 83.2 Å². The van der Waals surface area contributed by atoms with Crippen molar-refractivity contribution < 1.29 is 4.79 Å². The third-order valence-electron chi connectivity index (χ3n) is 4.52. The van der Waals surface area contributed by atoms with Gasteiger partial charge in [-0.05, 0) is 34.7 Å². The molecule has 3 N–H and O–H groups in total. The Morgan fingerprint density at radius 1 is 1.15 bits per heavy atom. The van der Waals surface area contributed by atoms with E-state index in [0.29, 0.717) is 24.6 Å². The predicted molar refractivity (Wildman–Crippen MR) is 105 cm³/mol. The molecule has 140 valence electrons. The normalized spacial score (nSPS) is 12.1. The van der Waals surface area contributed by atoms with Crippen molar-refractivity contribution in [2.75, 3.05) is 6.54 Å². The highest BCUT2D eigenvalue weighted by molar-refractivity contribution is 5.94. The van der Waals surface area contributed by atoms with Gasteiger partial charge < -0.3 is 11.1 Å². The summed E-state index contributed by atoms with van der Waals surface area (Å²) >= 11 is 0. The number of amides is 1. The average molecular weight is 363 g/mol. The lowest BCUT2D eigenvalue weighted by Gasteiger charge is -2.15. The van der Waals surface area contributed by atoms with Gasteiger partial charge in [-0.3, -0.25) is 4.79 Å². The van der Waals surface area contributed by atoms with Gasteiger partial charge in [0.1, 0.15) is 0 Å². The van der Waals surface area contributed by atoms with Gasteiger partial charge in [0, 0.05) is 24.3 Å². The van der Waals surface area contributed by atoms with Crippen LogP contribution in [0.2, 0.25) is 0 Å². The molecule has 6 nitrogen and oxygen atoms in total. The number of carbonyl (C=O) groups is 1. The Morgan fingerprint density at radius 3 is 2.56 bits per heavy atom. The van der Waals surface area contributed by atoms with E-state index in [1.165, 1.54) is 5.56 Å². The molecular weight excluding hydrogens is 338 g/mol. The largest absolute Gasteiger partial charge is 0.350 e. The Balaban J connectivity index is 1.58. The summed E-state index contributed by atoms with van der Waals surface area (Å²) in [4.78, 5) is 12.5. The van der Waals surface area contributed by atoms with Crippen LogP contribution >= 0.6 is 0 Å². The van der Waals surface area contributed by atoms with Gasteiger partial charge in [0.15, 0.2) is 0 Å². The zero-order valence-electron chi connectivity index (χ0n) is 15.7. The van der Waals surface area contributed by atoms with Crippen molar-refractivity contribution in [3.63, 3.8) is 0 Å². The van der Waals surface area contributed by atoms with Gasteiger partial charge >= 0.3 is 0 Å². The summed E-state index contributed by atoms with van der Waals surface area (Å²) in [5.74, 6) is 0.351. The summed E-state index contributed by atoms with van der Waals surface area (Å²) in [6, 6.07) is 15.5. The van der Waals surface area contributed by atoms with Gasteiger partial charge in [0.05, 0.1) is 12.7 Å². The minimum Gasteiger partial charge on any atom is -0.350 e. The number of nitrogens with zero attached hydrogens (tertiary/aromatic N) is 3. The van der Waals surface area contributed by atoms with Gasteiger partial charge in [-0.2, -0.15) is 0 Å². The Hall–Kier alpha value is -2.99. The molecule has 1 atom stereocenters. The van der Waals surface area contributed by atoms with Gasteiger partial charge in [-0.15, -0.1) is 5.10 Å². The maximum absolute atomic E-state index is 12.5. The predicted octanol–water partition coefficient (Wildman–Crippen LogP) is 2.88. The van der Waals surface area contributed by atoms with Crippen LogP contribution in [-0.4, -0.2) is 27.4 Å². The highest BCUT2D eigenvalue weighted by atomic mass is 16.1. The lowest BCUT2D eigenvalue weighted by molar-refractivity contribution is 0.0951. The fourth-order valence-electron chi connectivity index (χ4n) is 2.87. The van der Waals surface area contributed by atoms with Gasteiger partial charge in [-0.1, -0.05) is 55.5 Å². The first-order valence-corrected chi connectivity index (χ1v) is 9.09. The fraction of sp³-hybridized carbons (Fsp3) is 0.286. The molecule has 1 amide bonds. The van der Waals surface area contributed by atoms with E-state index in [-0.39, 0.29) is 11.9 Å². The van der Waals surface area contributed by atoms with Crippen LogP contribution < -0.4 is 11.1 Å².